The van der Waals surface area contributed by atoms with Crippen molar-refractivity contribution in [2.75, 3.05) is 6.54 Å². The number of carbonyl (C=O) groups excluding carboxylic acids is 1. The molecule has 1 unspecified atom stereocenters. The Morgan fingerprint density at radius 3 is 2.86 bits per heavy atom. The molecular formula is C10H16N2OS. The van der Waals surface area contributed by atoms with Crippen LogP contribution in [0.3, 0.4) is 0 Å². The Balaban J connectivity index is 2.51. The number of nitrogens with one attached hydrogen (secondary N) is 1. The molecule has 3 nitrogen and oxygen atoms in total. The minimum atomic E-state index is -0.316. The predicted octanol–water partition coefficient (Wildman–Crippen LogP) is 1.45. The standard InChI is InChI=1S/C10H16N2OS/c1-3-8-4-5-9(14-8)7(2)12-6-10(11)13/h4-5,7,12H,3,6H2,1-2H3,(H2,11,13). The Labute approximate surface area is 88.3 Å². The maximum atomic E-state index is 10.6. The quantitative estimate of drug-likeness (QED) is 0.776. The maximum Gasteiger partial charge on any atom is 0.231 e. The molecule has 3 N–H and O–H groups in total. The van der Waals surface area contributed by atoms with Gasteiger partial charge in [0.25, 0.3) is 0 Å². The molecule has 78 valence electrons. The van der Waals surface area contributed by atoms with Crippen molar-refractivity contribution in [3.8, 4) is 0 Å². The fourth-order valence-electron chi connectivity index (χ4n) is 1.17. The monoisotopic (exact) mass is 212 g/mol. The van der Waals surface area contributed by atoms with Crippen LogP contribution in [-0.4, -0.2) is 12.5 Å². The van der Waals surface area contributed by atoms with Gasteiger partial charge in [-0.1, -0.05) is 6.92 Å². The summed E-state index contributed by atoms with van der Waals surface area (Å²) in [7, 11) is 0. The summed E-state index contributed by atoms with van der Waals surface area (Å²) in [6.45, 7) is 4.41. The largest absolute Gasteiger partial charge is 0.369 e. The van der Waals surface area contributed by atoms with Gasteiger partial charge in [0.15, 0.2) is 0 Å². The molecular weight excluding hydrogens is 196 g/mol. The summed E-state index contributed by atoms with van der Waals surface area (Å²) in [5.41, 5.74) is 5.05. The second-order valence-electron chi connectivity index (χ2n) is 3.23. The van der Waals surface area contributed by atoms with E-state index in [9.17, 15) is 4.79 Å². The van der Waals surface area contributed by atoms with Crippen LogP contribution in [0.2, 0.25) is 0 Å². The Kier molecular flexibility index (Phi) is 4.10. The van der Waals surface area contributed by atoms with Gasteiger partial charge in [0.05, 0.1) is 6.54 Å². The number of aryl methyl sites for hydroxylation is 1. The second kappa shape index (κ2) is 5.12. The molecule has 0 fully saturated rings. The van der Waals surface area contributed by atoms with Gasteiger partial charge in [-0.25, -0.2) is 0 Å². The lowest BCUT2D eigenvalue weighted by molar-refractivity contribution is -0.117. The number of rotatable bonds is 5. The molecule has 1 aromatic rings. The summed E-state index contributed by atoms with van der Waals surface area (Å²) in [6.07, 6.45) is 1.06. The Morgan fingerprint density at radius 1 is 1.64 bits per heavy atom. The minimum absolute atomic E-state index is 0.202. The lowest BCUT2D eigenvalue weighted by Gasteiger charge is -2.09. The lowest BCUT2D eigenvalue weighted by atomic mass is 10.2. The molecule has 14 heavy (non-hydrogen) atoms. The minimum Gasteiger partial charge on any atom is -0.369 e. The van der Waals surface area contributed by atoms with E-state index in [1.54, 1.807) is 11.3 Å². The van der Waals surface area contributed by atoms with Crippen LogP contribution >= 0.6 is 11.3 Å². The van der Waals surface area contributed by atoms with Crippen molar-refractivity contribution < 1.29 is 4.79 Å². The number of hydrogen-bond donors (Lipinski definition) is 2. The summed E-state index contributed by atoms with van der Waals surface area (Å²) in [4.78, 5) is 13.2. The van der Waals surface area contributed by atoms with Crippen molar-refractivity contribution in [2.24, 2.45) is 5.73 Å². The number of carbonyl (C=O) groups is 1. The molecule has 0 radical (unpaired) electrons. The van der Waals surface area contributed by atoms with Crippen molar-refractivity contribution in [1.82, 2.24) is 5.32 Å². The predicted molar refractivity (Wildman–Crippen MR) is 59.3 cm³/mol. The van der Waals surface area contributed by atoms with Gasteiger partial charge in [-0.3, -0.25) is 4.79 Å². The highest BCUT2D eigenvalue weighted by molar-refractivity contribution is 7.12. The number of primary amides is 1. The zero-order valence-electron chi connectivity index (χ0n) is 8.54. The zero-order chi connectivity index (χ0) is 10.6. The van der Waals surface area contributed by atoms with Crippen LogP contribution in [0.15, 0.2) is 12.1 Å². The van der Waals surface area contributed by atoms with E-state index in [1.807, 2.05) is 6.92 Å². The fraction of sp³-hybridized carbons (Fsp3) is 0.500. The maximum absolute atomic E-state index is 10.6. The fourth-order valence-corrected chi connectivity index (χ4v) is 2.15. The zero-order valence-corrected chi connectivity index (χ0v) is 9.36. The molecule has 0 spiro atoms. The van der Waals surface area contributed by atoms with Crippen LogP contribution in [0, 0.1) is 0 Å². The average Bonchev–Trinajstić information content (AvgIpc) is 2.62. The van der Waals surface area contributed by atoms with Crippen molar-refractivity contribution >= 4 is 17.2 Å². The third-order valence-electron chi connectivity index (χ3n) is 2.04. The molecule has 1 heterocycles. The van der Waals surface area contributed by atoms with E-state index >= 15 is 0 Å². The van der Waals surface area contributed by atoms with E-state index < -0.39 is 0 Å². The van der Waals surface area contributed by atoms with Gasteiger partial charge in [0.1, 0.15) is 0 Å². The highest BCUT2D eigenvalue weighted by Gasteiger charge is 2.08. The van der Waals surface area contributed by atoms with Crippen LogP contribution in [0.25, 0.3) is 0 Å². The molecule has 0 bridgehead atoms. The van der Waals surface area contributed by atoms with Gasteiger partial charge >= 0.3 is 0 Å². The first kappa shape index (κ1) is 11.2. The Morgan fingerprint density at radius 2 is 2.36 bits per heavy atom. The summed E-state index contributed by atoms with van der Waals surface area (Å²) in [5, 5.41) is 3.07. The summed E-state index contributed by atoms with van der Waals surface area (Å²) < 4.78 is 0. The van der Waals surface area contributed by atoms with E-state index in [-0.39, 0.29) is 18.5 Å². The van der Waals surface area contributed by atoms with Gasteiger partial charge < -0.3 is 11.1 Å². The van der Waals surface area contributed by atoms with E-state index in [2.05, 4.69) is 24.4 Å². The molecule has 0 saturated heterocycles. The molecule has 1 aromatic heterocycles. The third kappa shape index (κ3) is 3.12. The van der Waals surface area contributed by atoms with Gasteiger partial charge in [0.2, 0.25) is 5.91 Å². The summed E-state index contributed by atoms with van der Waals surface area (Å²) >= 11 is 1.78. The number of nitrogens with two attached hydrogens (primary N) is 1. The summed E-state index contributed by atoms with van der Waals surface area (Å²) in [6, 6.07) is 4.43. The molecule has 0 aliphatic rings. The molecule has 0 saturated carbocycles. The van der Waals surface area contributed by atoms with Gasteiger partial charge in [-0.2, -0.15) is 0 Å². The molecule has 0 aromatic carbocycles. The van der Waals surface area contributed by atoms with Crippen LogP contribution in [0.5, 0.6) is 0 Å². The molecule has 1 atom stereocenters. The van der Waals surface area contributed by atoms with E-state index in [4.69, 9.17) is 5.73 Å². The van der Waals surface area contributed by atoms with Crippen molar-refractivity contribution in [2.45, 2.75) is 26.3 Å². The van der Waals surface area contributed by atoms with E-state index in [0.29, 0.717) is 0 Å². The molecule has 0 aliphatic heterocycles. The number of thiophene rings is 1. The first-order chi connectivity index (χ1) is 6.63. The smallest absolute Gasteiger partial charge is 0.231 e. The molecule has 0 aliphatic carbocycles. The Hall–Kier alpha value is -0.870. The van der Waals surface area contributed by atoms with Crippen LogP contribution in [0.4, 0.5) is 0 Å². The normalized spacial score (nSPS) is 12.7. The summed E-state index contributed by atoms with van der Waals surface area (Å²) in [5.74, 6) is -0.316. The van der Waals surface area contributed by atoms with Gasteiger partial charge in [0, 0.05) is 15.8 Å². The van der Waals surface area contributed by atoms with Crippen LogP contribution in [0.1, 0.15) is 29.6 Å². The SMILES string of the molecule is CCc1ccc(C(C)NCC(N)=O)s1. The average molecular weight is 212 g/mol. The first-order valence-corrected chi connectivity index (χ1v) is 5.55. The van der Waals surface area contributed by atoms with Crippen molar-refractivity contribution in [3.05, 3.63) is 21.9 Å². The van der Waals surface area contributed by atoms with E-state index in [0.717, 1.165) is 6.42 Å². The number of amides is 1. The Bertz CT molecular complexity index is 309. The lowest BCUT2D eigenvalue weighted by Crippen LogP contribution is -2.30. The number of hydrogen-bond acceptors (Lipinski definition) is 3. The van der Waals surface area contributed by atoms with Gasteiger partial charge in [-0.15, -0.1) is 11.3 Å². The molecule has 1 rings (SSSR count). The van der Waals surface area contributed by atoms with Crippen LogP contribution in [-0.2, 0) is 11.2 Å². The highest BCUT2D eigenvalue weighted by Crippen LogP contribution is 2.23. The van der Waals surface area contributed by atoms with Gasteiger partial charge in [-0.05, 0) is 25.5 Å². The molecule has 4 heteroatoms. The second-order valence-corrected chi connectivity index (χ2v) is 4.43. The first-order valence-electron chi connectivity index (χ1n) is 4.73. The third-order valence-corrected chi connectivity index (χ3v) is 3.45. The molecule has 1 amide bonds. The highest BCUT2D eigenvalue weighted by atomic mass is 32.1. The van der Waals surface area contributed by atoms with Crippen LogP contribution < -0.4 is 11.1 Å². The van der Waals surface area contributed by atoms with Crippen molar-refractivity contribution in [1.29, 1.82) is 0 Å². The van der Waals surface area contributed by atoms with Crippen molar-refractivity contribution in [3.63, 3.8) is 0 Å². The van der Waals surface area contributed by atoms with E-state index in [1.165, 1.54) is 9.75 Å². The topological polar surface area (TPSA) is 55.1 Å².